The predicted molar refractivity (Wildman–Crippen MR) is 69.5 cm³/mol. The molecule has 1 aromatic carbocycles. The highest BCUT2D eigenvalue weighted by Crippen LogP contribution is 2.31. The van der Waals surface area contributed by atoms with Crippen LogP contribution in [-0.2, 0) is 6.54 Å². The summed E-state index contributed by atoms with van der Waals surface area (Å²) >= 11 is 6.24. The minimum atomic E-state index is 0.448. The lowest BCUT2D eigenvalue weighted by Crippen LogP contribution is -2.22. The number of halogens is 1. The van der Waals surface area contributed by atoms with Gasteiger partial charge in [-0.2, -0.15) is 0 Å². The number of aryl methyl sites for hydroxylation is 1. The van der Waals surface area contributed by atoms with Crippen LogP contribution in [0.2, 0.25) is 5.02 Å². The van der Waals surface area contributed by atoms with Gasteiger partial charge in [-0.3, -0.25) is 0 Å². The topological polar surface area (TPSA) is 21.3 Å². The molecule has 0 atom stereocenters. The van der Waals surface area contributed by atoms with E-state index in [2.05, 4.69) is 19.2 Å². The molecule has 0 fully saturated rings. The van der Waals surface area contributed by atoms with Crippen LogP contribution in [0.15, 0.2) is 6.07 Å². The Kier molecular flexibility index (Phi) is 4.63. The number of rotatable bonds is 4. The summed E-state index contributed by atoms with van der Waals surface area (Å²) in [4.78, 5) is 0. The highest BCUT2D eigenvalue weighted by molar-refractivity contribution is 6.32. The number of benzene rings is 1. The third-order valence-corrected chi connectivity index (χ3v) is 3.26. The van der Waals surface area contributed by atoms with E-state index < -0.39 is 0 Å². The lowest BCUT2D eigenvalue weighted by molar-refractivity contribution is 0.405. The van der Waals surface area contributed by atoms with Crippen LogP contribution in [0.4, 0.5) is 0 Å². The molecule has 0 bridgehead atoms. The summed E-state index contributed by atoms with van der Waals surface area (Å²) in [6, 6.07) is 2.44. The third kappa shape index (κ3) is 2.89. The Hall–Kier alpha value is -0.730. The number of nitrogens with one attached hydrogen (secondary N) is 1. The van der Waals surface area contributed by atoms with Gasteiger partial charge in [-0.25, -0.2) is 0 Å². The van der Waals surface area contributed by atoms with Crippen molar-refractivity contribution in [3.8, 4) is 5.75 Å². The maximum absolute atomic E-state index is 6.24. The predicted octanol–water partition coefficient (Wildman–Crippen LogP) is 3.46. The average Bonchev–Trinajstić information content (AvgIpc) is 2.23. The number of methoxy groups -OCH3 is 1. The normalized spacial score (nSPS) is 10.9. The van der Waals surface area contributed by atoms with Crippen molar-refractivity contribution in [2.24, 2.45) is 0 Å². The first-order valence-electron chi connectivity index (χ1n) is 5.53. The van der Waals surface area contributed by atoms with Gasteiger partial charge in [-0.05, 0) is 31.0 Å². The molecule has 0 unspecified atom stereocenters. The van der Waals surface area contributed by atoms with Crippen molar-refractivity contribution in [2.45, 2.75) is 40.3 Å². The second-order valence-electron chi connectivity index (χ2n) is 4.35. The fourth-order valence-corrected chi connectivity index (χ4v) is 1.84. The van der Waals surface area contributed by atoms with E-state index in [1.54, 1.807) is 7.11 Å². The molecule has 0 aromatic heterocycles. The van der Waals surface area contributed by atoms with Gasteiger partial charge >= 0.3 is 0 Å². The standard InChI is InChI=1S/C13H20ClNO/c1-8(2)15-7-11-10(4)13(14)9(3)6-12(11)16-5/h6,8,15H,7H2,1-5H3. The summed E-state index contributed by atoms with van der Waals surface area (Å²) in [6.45, 7) is 9.06. The van der Waals surface area contributed by atoms with E-state index in [-0.39, 0.29) is 0 Å². The van der Waals surface area contributed by atoms with Gasteiger partial charge in [-0.1, -0.05) is 25.4 Å². The summed E-state index contributed by atoms with van der Waals surface area (Å²) in [5.74, 6) is 0.910. The molecule has 1 rings (SSSR count). The lowest BCUT2D eigenvalue weighted by atomic mass is 10.0. The van der Waals surface area contributed by atoms with Gasteiger partial charge in [0.1, 0.15) is 5.75 Å². The van der Waals surface area contributed by atoms with Crippen LogP contribution in [0.25, 0.3) is 0 Å². The van der Waals surface area contributed by atoms with Crippen molar-refractivity contribution in [3.05, 3.63) is 27.8 Å². The Bertz CT molecular complexity index is 375. The van der Waals surface area contributed by atoms with E-state index in [4.69, 9.17) is 16.3 Å². The lowest BCUT2D eigenvalue weighted by Gasteiger charge is -2.17. The van der Waals surface area contributed by atoms with Crippen molar-refractivity contribution in [1.82, 2.24) is 5.32 Å². The smallest absolute Gasteiger partial charge is 0.123 e. The van der Waals surface area contributed by atoms with Crippen LogP contribution < -0.4 is 10.1 Å². The second kappa shape index (κ2) is 5.55. The maximum atomic E-state index is 6.24. The van der Waals surface area contributed by atoms with Crippen molar-refractivity contribution in [2.75, 3.05) is 7.11 Å². The molecule has 1 N–H and O–H groups in total. The van der Waals surface area contributed by atoms with Gasteiger partial charge in [0.15, 0.2) is 0 Å². The Morgan fingerprint density at radius 3 is 2.50 bits per heavy atom. The number of hydrogen-bond acceptors (Lipinski definition) is 2. The van der Waals surface area contributed by atoms with E-state index in [1.165, 1.54) is 0 Å². The SMILES string of the molecule is COc1cc(C)c(Cl)c(C)c1CNC(C)C. The molecule has 1 aromatic rings. The highest BCUT2D eigenvalue weighted by atomic mass is 35.5. The molecule has 0 saturated heterocycles. The molecule has 0 aliphatic carbocycles. The number of ether oxygens (including phenoxy) is 1. The first kappa shape index (κ1) is 13.3. The summed E-state index contributed by atoms with van der Waals surface area (Å²) < 4.78 is 5.40. The zero-order chi connectivity index (χ0) is 12.3. The Morgan fingerprint density at radius 1 is 1.38 bits per heavy atom. The third-order valence-electron chi connectivity index (χ3n) is 2.68. The van der Waals surface area contributed by atoms with Gasteiger partial charge in [0.2, 0.25) is 0 Å². The van der Waals surface area contributed by atoms with Crippen molar-refractivity contribution >= 4 is 11.6 Å². The molecule has 0 aliphatic heterocycles. The quantitative estimate of drug-likeness (QED) is 0.872. The molecule has 3 heteroatoms. The summed E-state index contributed by atoms with van der Waals surface area (Å²) in [5, 5.41) is 4.22. The minimum Gasteiger partial charge on any atom is -0.496 e. The van der Waals surface area contributed by atoms with Crippen molar-refractivity contribution in [3.63, 3.8) is 0 Å². The first-order chi connectivity index (χ1) is 7.47. The van der Waals surface area contributed by atoms with Crippen LogP contribution in [0.3, 0.4) is 0 Å². The van der Waals surface area contributed by atoms with Crippen LogP contribution >= 0.6 is 11.6 Å². The molecule has 0 radical (unpaired) electrons. The number of hydrogen-bond donors (Lipinski definition) is 1. The summed E-state index contributed by atoms with van der Waals surface area (Å²) in [5.41, 5.74) is 3.31. The Morgan fingerprint density at radius 2 is 2.00 bits per heavy atom. The van der Waals surface area contributed by atoms with Gasteiger partial charge in [-0.15, -0.1) is 0 Å². The van der Waals surface area contributed by atoms with E-state index in [0.29, 0.717) is 6.04 Å². The second-order valence-corrected chi connectivity index (χ2v) is 4.73. The van der Waals surface area contributed by atoms with Gasteiger partial charge in [0.05, 0.1) is 7.11 Å². The zero-order valence-corrected chi connectivity index (χ0v) is 11.4. The molecule has 0 spiro atoms. The highest BCUT2D eigenvalue weighted by Gasteiger charge is 2.12. The fourth-order valence-electron chi connectivity index (χ4n) is 1.67. The van der Waals surface area contributed by atoms with Crippen LogP contribution in [0.1, 0.15) is 30.5 Å². The van der Waals surface area contributed by atoms with Crippen molar-refractivity contribution in [1.29, 1.82) is 0 Å². The van der Waals surface area contributed by atoms with Crippen molar-refractivity contribution < 1.29 is 4.74 Å². The van der Waals surface area contributed by atoms with Crippen LogP contribution in [0, 0.1) is 13.8 Å². The minimum absolute atomic E-state index is 0.448. The molecule has 0 amide bonds. The summed E-state index contributed by atoms with van der Waals surface area (Å²) in [7, 11) is 1.70. The molecule has 0 heterocycles. The van der Waals surface area contributed by atoms with Crippen LogP contribution in [0.5, 0.6) is 5.75 Å². The molecule has 0 saturated carbocycles. The molecular formula is C13H20ClNO. The Balaban J connectivity index is 3.09. The van der Waals surface area contributed by atoms with E-state index in [0.717, 1.165) is 34.0 Å². The molecule has 90 valence electrons. The van der Waals surface area contributed by atoms with E-state index >= 15 is 0 Å². The first-order valence-corrected chi connectivity index (χ1v) is 5.91. The monoisotopic (exact) mass is 241 g/mol. The largest absolute Gasteiger partial charge is 0.496 e. The molecule has 0 aliphatic rings. The maximum Gasteiger partial charge on any atom is 0.123 e. The Labute approximate surface area is 103 Å². The zero-order valence-electron chi connectivity index (χ0n) is 10.6. The molecule has 2 nitrogen and oxygen atoms in total. The fraction of sp³-hybridized carbons (Fsp3) is 0.538. The van der Waals surface area contributed by atoms with E-state index in [1.807, 2.05) is 19.9 Å². The van der Waals surface area contributed by atoms with Crippen LogP contribution in [-0.4, -0.2) is 13.2 Å². The van der Waals surface area contributed by atoms with Gasteiger partial charge in [0.25, 0.3) is 0 Å². The summed E-state index contributed by atoms with van der Waals surface area (Å²) in [6.07, 6.45) is 0. The van der Waals surface area contributed by atoms with Gasteiger partial charge < -0.3 is 10.1 Å². The van der Waals surface area contributed by atoms with Gasteiger partial charge in [0, 0.05) is 23.2 Å². The van der Waals surface area contributed by atoms with E-state index in [9.17, 15) is 0 Å². The molecular weight excluding hydrogens is 222 g/mol. The average molecular weight is 242 g/mol. The molecule has 16 heavy (non-hydrogen) atoms.